The standard InChI is InChI=1S/C25H42FN/c1-2-3-4-5-6-7-8-9-10-11-12-13-14-15-16-17-22-27-23-24-18-20-25(26)21-19-24/h9-10,18-21,27H,2-8,11-17,22-23H2,1H3/b10-9+. The molecule has 1 rings (SSSR count). The molecule has 1 aromatic rings. The van der Waals surface area contributed by atoms with Crippen LogP contribution in [0, 0.1) is 5.82 Å². The molecule has 0 saturated heterocycles. The average Bonchev–Trinajstić information content (AvgIpc) is 2.68. The van der Waals surface area contributed by atoms with E-state index in [1.54, 1.807) is 0 Å². The second kappa shape index (κ2) is 18.2. The third-order valence-electron chi connectivity index (χ3n) is 5.11. The minimum absolute atomic E-state index is 0.160. The van der Waals surface area contributed by atoms with Crippen LogP contribution in [0.3, 0.4) is 0 Å². The van der Waals surface area contributed by atoms with Gasteiger partial charge in [0.05, 0.1) is 0 Å². The Labute approximate surface area is 167 Å². The molecule has 154 valence electrons. The molecule has 1 aromatic carbocycles. The van der Waals surface area contributed by atoms with Crippen molar-refractivity contribution in [1.29, 1.82) is 0 Å². The van der Waals surface area contributed by atoms with Gasteiger partial charge in [-0.1, -0.05) is 89.0 Å². The molecular weight excluding hydrogens is 333 g/mol. The zero-order valence-corrected chi connectivity index (χ0v) is 17.7. The van der Waals surface area contributed by atoms with Gasteiger partial charge in [-0.25, -0.2) is 4.39 Å². The molecule has 1 nitrogen and oxygen atoms in total. The summed E-state index contributed by atoms with van der Waals surface area (Å²) in [6, 6.07) is 6.76. The van der Waals surface area contributed by atoms with Crippen LogP contribution in [0.4, 0.5) is 4.39 Å². The molecule has 0 spiro atoms. The Kier molecular flexibility index (Phi) is 16.1. The van der Waals surface area contributed by atoms with Gasteiger partial charge in [0.25, 0.3) is 0 Å². The summed E-state index contributed by atoms with van der Waals surface area (Å²) in [5.74, 6) is -0.160. The van der Waals surface area contributed by atoms with Gasteiger partial charge < -0.3 is 5.32 Å². The Morgan fingerprint density at radius 1 is 0.704 bits per heavy atom. The van der Waals surface area contributed by atoms with Crippen LogP contribution >= 0.6 is 0 Å². The highest BCUT2D eigenvalue weighted by Crippen LogP contribution is 2.10. The van der Waals surface area contributed by atoms with E-state index in [1.807, 2.05) is 12.1 Å². The first-order chi connectivity index (χ1) is 13.3. The molecule has 0 saturated carbocycles. The molecule has 0 aliphatic carbocycles. The van der Waals surface area contributed by atoms with Crippen molar-refractivity contribution >= 4 is 0 Å². The zero-order chi connectivity index (χ0) is 19.4. The van der Waals surface area contributed by atoms with Crippen molar-refractivity contribution in [3.05, 3.63) is 47.8 Å². The lowest BCUT2D eigenvalue weighted by atomic mass is 10.1. The molecule has 0 atom stereocenters. The second-order valence-electron chi connectivity index (χ2n) is 7.74. The predicted octanol–water partition coefficient (Wildman–Crippen LogP) is 7.95. The largest absolute Gasteiger partial charge is 0.313 e. The second-order valence-corrected chi connectivity index (χ2v) is 7.74. The van der Waals surface area contributed by atoms with Gasteiger partial charge in [-0.3, -0.25) is 0 Å². The lowest BCUT2D eigenvalue weighted by Crippen LogP contribution is -2.14. The van der Waals surface area contributed by atoms with Crippen LogP contribution in [0.15, 0.2) is 36.4 Å². The van der Waals surface area contributed by atoms with E-state index in [2.05, 4.69) is 24.4 Å². The third kappa shape index (κ3) is 15.6. The monoisotopic (exact) mass is 375 g/mol. The number of benzene rings is 1. The quantitative estimate of drug-likeness (QED) is 0.203. The van der Waals surface area contributed by atoms with Crippen LogP contribution < -0.4 is 5.32 Å². The number of rotatable bonds is 18. The van der Waals surface area contributed by atoms with Crippen molar-refractivity contribution in [2.24, 2.45) is 0 Å². The molecule has 1 N–H and O–H groups in total. The first-order valence-corrected chi connectivity index (χ1v) is 11.4. The third-order valence-corrected chi connectivity index (χ3v) is 5.11. The topological polar surface area (TPSA) is 12.0 Å². The summed E-state index contributed by atoms with van der Waals surface area (Å²) < 4.78 is 12.8. The van der Waals surface area contributed by atoms with E-state index in [4.69, 9.17) is 0 Å². The van der Waals surface area contributed by atoms with E-state index in [1.165, 1.54) is 102 Å². The molecule has 0 unspecified atom stereocenters. The molecule has 0 radical (unpaired) electrons. The molecule has 0 bridgehead atoms. The number of hydrogen-bond acceptors (Lipinski definition) is 1. The van der Waals surface area contributed by atoms with Gasteiger partial charge >= 0.3 is 0 Å². The summed E-state index contributed by atoms with van der Waals surface area (Å²) in [5.41, 5.74) is 1.15. The van der Waals surface area contributed by atoms with Gasteiger partial charge in [0.1, 0.15) is 5.82 Å². The molecule has 0 amide bonds. The number of unbranched alkanes of at least 4 members (excludes halogenated alkanes) is 12. The Hall–Kier alpha value is -1.15. The summed E-state index contributed by atoms with van der Waals surface area (Å²) in [5, 5.41) is 3.44. The van der Waals surface area contributed by atoms with E-state index in [9.17, 15) is 4.39 Å². The van der Waals surface area contributed by atoms with Crippen molar-refractivity contribution in [1.82, 2.24) is 5.32 Å². The first kappa shape index (κ1) is 23.9. The number of allylic oxidation sites excluding steroid dienone is 2. The average molecular weight is 376 g/mol. The molecule has 0 fully saturated rings. The summed E-state index contributed by atoms with van der Waals surface area (Å²) in [6.45, 7) is 4.17. The molecule has 0 aliphatic rings. The maximum atomic E-state index is 12.8. The fraction of sp³-hybridized carbons (Fsp3) is 0.680. The fourth-order valence-corrected chi connectivity index (χ4v) is 3.33. The van der Waals surface area contributed by atoms with E-state index >= 15 is 0 Å². The van der Waals surface area contributed by atoms with E-state index < -0.39 is 0 Å². The van der Waals surface area contributed by atoms with Gasteiger partial charge in [0, 0.05) is 6.54 Å². The molecule has 27 heavy (non-hydrogen) atoms. The first-order valence-electron chi connectivity index (χ1n) is 11.4. The van der Waals surface area contributed by atoms with Crippen molar-refractivity contribution in [2.45, 2.75) is 103 Å². The maximum absolute atomic E-state index is 12.8. The molecule has 0 heterocycles. The van der Waals surface area contributed by atoms with Crippen LogP contribution in [0.1, 0.15) is 102 Å². The van der Waals surface area contributed by atoms with Crippen molar-refractivity contribution in [3.8, 4) is 0 Å². The van der Waals surface area contributed by atoms with Gasteiger partial charge in [-0.15, -0.1) is 0 Å². The molecule has 0 aromatic heterocycles. The van der Waals surface area contributed by atoms with E-state index in [0.29, 0.717) is 0 Å². The number of hydrogen-bond donors (Lipinski definition) is 1. The van der Waals surface area contributed by atoms with Crippen molar-refractivity contribution < 1.29 is 4.39 Å². The molecule has 2 heteroatoms. The number of halogens is 1. The Balaban J connectivity index is 1.76. The Morgan fingerprint density at radius 3 is 1.81 bits per heavy atom. The van der Waals surface area contributed by atoms with Crippen LogP contribution in [0.2, 0.25) is 0 Å². The smallest absolute Gasteiger partial charge is 0.123 e. The number of nitrogens with one attached hydrogen (secondary N) is 1. The fourth-order valence-electron chi connectivity index (χ4n) is 3.33. The van der Waals surface area contributed by atoms with E-state index in [0.717, 1.165) is 18.7 Å². The van der Waals surface area contributed by atoms with Gasteiger partial charge in [0.2, 0.25) is 0 Å². The van der Waals surface area contributed by atoms with Crippen LogP contribution in [-0.4, -0.2) is 6.54 Å². The summed E-state index contributed by atoms with van der Waals surface area (Å²) >= 11 is 0. The molecule has 0 aliphatic heterocycles. The van der Waals surface area contributed by atoms with Crippen LogP contribution in [0.5, 0.6) is 0 Å². The highest BCUT2D eigenvalue weighted by Gasteiger charge is 1.95. The van der Waals surface area contributed by atoms with E-state index in [-0.39, 0.29) is 5.82 Å². The minimum Gasteiger partial charge on any atom is -0.313 e. The lowest BCUT2D eigenvalue weighted by molar-refractivity contribution is 0.566. The normalized spacial score (nSPS) is 11.5. The lowest BCUT2D eigenvalue weighted by Gasteiger charge is -2.05. The zero-order valence-electron chi connectivity index (χ0n) is 17.7. The van der Waals surface area contributed by atoms with Crippen molar-refractivity contribution in [3.63, 3.8) is 0 Å². The van der Waals surface area contributed by atoms with Gasteiger partial charge in [0.15, 0.2) is 0 Å². The summed E-state index contributed by atoms with van der Waals surface area (Å²) in [4.78, 5) is 0. The highest BCUT2D eigenvalue weighted by molar-refractivity contribution is 5.15. The maximum Gasteiger partial charge on any atom is 0.123 e. The van der Waals surface area contributed by atoms with Crippen LogP contribution in [0.25, 0.3) is 0 Å². The highest BCUT2D eigenvalue weighted by atomic mass is 19.1. The molecular formula is C25H42FN. The van der Waals surface area contributed by atoms with Crippen LogP contribution in [-0.2, 0) is 6.54 Å². The minimum atomic E-state index is -0.160. The Morgan fingerprint density at radius 2 is 1.22 bits per heavy atom. The SMILES string of the molecule is CCCCCCCC/C=C/CCCCCCCCNCc1ccc(F)cc1. The Bertz CT molecular complexity index is 452. The van der Waals surface area contributed by atoms with Gasteiger partial charge in [-0.2, -0.15) is 0 Å². The summed E-state index contributed by atoms with van der Waals surface area (Å²) in [6.07, 6.45) is 23.7. The predicted molar refractivity (Wildman–Crippen MR) is 118 cm³/mol. The van der Waals surface area contributed by atoms with Gasteiger partial charge in [-0.05, 0) is 56.3 Å². The van der Waals surface area contributed by atoms with Crippen molar-refractivity contribution in [2.75, 3.05) is 6.54 Å². The summed E-state index contributed by atoms with van der Waals surface area (Å²) in [7, 11) is 0.